The van der Waals surface area contributed by atoms with E-state index in [2.05, 4.69) is 0 Å². The molecule has 1 aromatic rings. The number of carbonyl (C=O) groups excluding carboxylic acids is 1. The molecule has 0 saturated carbocycles. The van der Waals surface area contributed by atoms with Gasteiger partial charge in [-0.25, -0.2) is 4.39 Å². The van der Waals surface area contributed by atoms with E-state index in [0.717, 1.165) is 6.07 Å². The zero-order valence-electron chi connectivity index (χ0n) is 8.10. The molecule has 2 nitrogen and oxygen atoms in total. The summed E-state index contributed by atoms with van der Waals surface area (Å²) in [5.74, 6) is -1.01. The van der Waals surface area contributed by atoms with Gasteiger partial charge in [-0.15, -0.1) is 0 Å². The van der Waals surface area contributed by atoms with E-state index < -0.39 is 11.7 Å². The van der Waals surface area contributed by atoms with Crippen molar-refractivity contribution in [2.75, 3.05) is 0 Å². The Morgan fingerprint density at radius 1 is 1.38 bits per heavy atom. The maximum atomic E-state index is 12.7. The van der Waals surface area contributed by atoms with E-state index in [1.165, 1.54) is 12.1 Å². The van der Waals surface area contributed by atoms with E-state index in [1.54, 1.807) is 6.92 Å². The van der Waals surface area contributed by atoms with Gasteiger partial charge < -0.3 is 5.73 Å². The first kappa shape index (κ1) is 11.6. The van der Waals surface area contributed by atoms with Gasteiger partial charge in [-0.05, 0) is 24.6 Å². The van der Waals surface area contributed by atoms with Gasteiger partial charge in [0.25, 0.3) is 0 Å². The fourth-order valence-corrected chi connectivity index (χ4v) is 0.746. The zero-order chi connectivity index (χ0) is 10.4. The fraction of sp³-hybridized carbons (Fsp3) is 0.300. The summed E-state index contributed by atoms with van der Waals surface area (Å²) in [6.45, 7) is 5.63. The minimum Gasteiger partial charge on any atom is -0.366 e. The molecule has 0 spiro atoms. The Morgan fingerprint density at radius 2 is 1.92 bits per heavy atom. The normalized spacial score (nSPS) is 8.62. The maximum absolute atomic E-state index is 12.7. The van der Waals surface area contributed by atoms with E-state index >= 15 is 0 Å². The molecule has 0 bridgehead atoms. The maximum Gasteiger partial charge on any atom is 0.248 e. The lowest BCUT2D eigenvalue weighted by Crippen LogP contribution is -2.11. The van der Waals surface area contributed by atoms with Crippen molar-refractivity contribution in [3.8, 4) is 0 Å². The molecule has 0 aromatic heterocycles. The number of aryl methyl sites for hydroxylation is 1. The third kappa shape index (κ3) is 3.23. The molecular weight excluding hydrogens is 169 g/mol. The van der Waals surface area contributed by atoms with E-state index in [1.807, 2.05) is 13.8 Å². The van der Waals surface area contributed by atoms with E-state index in [4.69, 9.17) is 5.73 Å². The first-order valence-corrected chi connectivity index (χ1v) is 4.17. The average molecular weight is 183 g/mol. The van der Waals surface area contributed by atoms with Crippen LogP contribution in [0.4, 0.5) is 4.39 Å². The van der Waals surface area contributed by atoms with Crippen LogP contribution >= 0.6 is 0 Å². The summed E-state index contributed by atoms with van der Waals surface area (Å²) in [6, 6.07) is 4.16. The van der Waals surface area contributed by atoms with Gasteiger partial charge in [0.2, 0.25) is 5.91 Å². The number of hydrogen-bond donors (Lipinski definition) is 1. The molecule has 1 aromatic carbocycles. The fourth-order valence-electron chi connectivity index (χ4n) is 0.746. The first-order valence-electron chi connectivity index (χ1n) is 4.17. The Morgan fingerprint density at radius 3 is 2.31 bits per heavy atom. The molecule has 13 heavy (non-hydrogen) atoms. The van der Waals surface area contributed by atoms with Gasteiger partial charge >= 0.3 is 0 Å². The zero-order valence-corrected chi connectivity index (χ0v) is 8.10. The molecule has 2 N–H and O–H groups in total. The third-order valence-corrected chi connectivity index (χ3v) is 1.46. The van der Waals surface area contributed by atoms with E-state index in [-0.39, 0.29) is 5.56 Å². The lowest BCUT2D eigenvalue weighted by atomic mass is 10.1. The molecule has 0 unspecified atom stereocenters. The van der Waals surface area contributed by atoms with Gasteiger partial charge in [0.05, 0.1) is 0 Å². The average Bonchev–Trinajstić information content (AvgIpc) is 2.13. The second kappa shape index (κ2) is 5.30. The molecule has 0 radical (unpaired) electrons. The van der Waals surface area contributed by atoms with Crippen molar-refractivity contribution >= 4 is 5.91 Å². The Kier molecular flexibility index (Phi) is 4.74. The Balaban J connectivity index is 0.000000671. The molecular formula is C10H14FNO. The summed E-state index contributed by atoms with van der Waals surface area (Å²) in [7, 11) is 0. The number of nitrogens with two attached hydrogens (primary N) is 1. The molecule has 0 aliphatic carbocycles. The quantitative estimate of drug-likeness (QED) is 0.713. The second-order valence-electron chi connectivity index (χ2n) is 2.33. The highest BCUT2D eigenvalue weighted by Gasteiger charge is 2.02. The first-order chi connectivity index (χ1) is 6.11. The smallest absolute Gasteiger partial charge is 0.248 e. The van der Waals surface area contributed by atoms with Gasteiger partial charge in [-0.1, -0.05) is 19.9 Å². The third-order valence-electron chi connectivity index (χ3n) is 1.46. The van der Waals surface area contributed by atoms with Crippen molar-refractivity contribution in [3.63, 3.8) is 0 Å². The van der Waals surface area contributed by atoms with Crippen LogP contribution in [-0.2, 0) is 0 Å². The Hall–Kier alpha value is -1.38. The van der Waals surface area contributed by atoms with E-state index in [9.17, 15) is 9.18 Å². The monoisotopic (exact) mass is 183 g/mol. The number of hydrogen-bond acceptors (Lipinski definition) is 1. The van der Waals surface area contributed by atoms with Crippen LogP contribution in [0.1, 0.15) is 29.8 Å². The molecule has 72 valence electrons. The number of amides is 1. The molecule has 0 heterocycles. The van der Waals surface area contributed by atoms with Gasteiger partial charge in [0, 0.05) is 5.56 Å². The summed E-state index contributed by atoms with van der Waals surface area (Å²) < 4.78 is 12.7. The van der Waals surface area contributed by atoms with E-state index in [0.29, 0.717) is 5.56 Å². The number of halogens is 1. The van der Waals surface area contributed by atoms with Crippen LogP contribution < -0.4 is 5.73 Å². The molecule has 1 amide bonds. The lowest BCUT2D eigenvalue weighted by Gasteiger charge is -1.97. The number of carbonyl (C=O) groups is 1. The lowest BCUT2D eigenvalue weighted by molar-refractivity contribution is 0.1000. The Bertz CT molecular complexity index is 297. The Labute approximate surface area is 77.6 Å². The van der Waals surface area contributed by atoms with Gasteiger partial charge in [-0.3, -0.25) is 4.79 Å². The van der Waals surface area contributed by atoms with Crippen molar-refractivity contribution in [1.82, 2.24) is 0 Å². The van der Waals surface area contributed by atoms with Crippen LogP contribution in [-0.4, -0.2) is 5.91 Å². The number of benzene rings is 1. The molecule has 3 heteroatoms. The van der Waals surface area contributed by atoms with Crippen LogP contribution in [0.5, 0.6) is 0 Å². The van der Waals surface area contributed by atoms with Crippen molar-refractivity contribution in [2.45, 2.75) is 20.8 Å². The highest BCUT2D eigenvalue weighted by Crippen LogP contribution is 2.07. The van der Waals surface area contributed by atoms with Crippen molar-refractivity contribution in [2.24, 2.45) is 5.73 Å². The summed E-state index contributed by atoms with van der Waals surface area (Å²) in [5.41, 5.74) is 5.64. The molecule has 0 aliphatic rings. The summed E-state index contributed by atoms with van der Waals surface area (Å²) in [4.78, 5) is 10.5. The highest BCUT2D eigenvalue weighted by molar-refractivity contribution is 5.92. The SMILES string of the molecule is CC.Cc1ccc(C(N)=O)cc1F. The number of rotatable bonds is 1. The number of primary amides is 1. The minimum atomic E-state index is -0.608. The molecule has 0 saturated heterocycles. The summed E-state index contributed by atoms with van der Waals surface area (Å²) >= 11 is 0. The van der Waals surface area contributed by atoms with Gasteiger partial charge in [0.1, 0.15) is 5.82 Å². The predicted octanol–water partition coefficient (Wildman–Crippen LogP) is 2.26. The van der Waals surface area contributed by atoms with Crippen LogP contribution in [0.2, 0.25) is 0 Å². The van der Waals surface area contributed by atoms with Crippen LogP contribution in [0.25, 0.3) is 0 Å². The highest BCUT2D eigenvalue weighted by atomic mass is 19.1. The minimum absolute atomic E-state index is 0.202. The molecule has 0 atom stereocenters. The largest absolute Gasteiger partial charge is 0.366 e. The second-order valence-corrected chi connectivity index (χ2v) is 2.33. The van der Waals surface area contributed by atoms with Crippen molar-refractivity contribution in [3.05, 3.63) is 35.1 Å². The van der Waals surface area contributed by atoms with Crippen molar-refractivity contribution in [1.29, 1.82) is 0 Å². The standard InChI is InChI=1S/C8H8FNO.C2H6/c1-5-2-3-6(8(10)11)4-7(5)9;1-2/h2-4H,1H3,(H2,10,11);1-2H3. The topological polar surface area (TPSA) is 43.1 Å². The molecule has 1 rings (SSSR count). The predicted molar refractivity (Wildman–Crippen MR) is 51.0 cm³/mol. The van der Waals surface area contributed by atoms with Crippen LogP contribution in [0.15, 0.2) is 18.2 Å². The molecule has 0 aliphatic heterocycles. The van der Waals surface area contributed by atoms with Crippen molar-refractivity contribution < 1.29 is 9.18 Å². The molecule has 0 fully saturated rings. The van der Waals surface area contributed by atoms with Crippen LogP contribution in [0.3, 0.4) is 0 Å². The summed E-state index contributed by atoms with van der Waals surface area (Å²) in [5, 5.41) is 0. The summed E-state index contributed by atoms with van der Waals surface area (Å²) in [6.07, 6.45) is 0. The van der Waals surface area contributed by atoms with Crippen LogP contribution in [0, 0.1) is 12.7 Å². The van der Waals surface area contributed by atoms with Gasteiger partial charge in [-0.2, -0.15) is 0 Å². The van der Waals surface area contributed by atoms with Gasteiger partial charge in [0.15, 0.2) is 0 Å².